The van der Waals surface area contributed by atoms with Gasteiger partial charge in [-0.1, -0.05) is 18.2 Å². The predicted molar refractivity (Wildman–Crippen MR) is 99.1 cm³/mol. The molecule has 0 atom stereocenters. The number of nitrogens with two attached hydrogens (primary N) is 1. The van der Waals surface area contributed by atoms with E-state index in [9.17, 15) is 4.79 Å². The molecule has 0 aliphatic carbocycles. The number of rotatable bonds is 5. The number of ether oxygens (including phenoxy) is 1. The van der Waals surface area contributed by atoms with Gasteiger partial charge in [0.15, 0.2) is 11.7 Å². The molecule has 26 heavy (non-hydrogen) atoms. The summed E-state index contributed by atoms with van der Waals surface area (Å²) in [5.74, 6) is 1.95. The van der Waals surface area contributed by atoms with Crippen LogP contribution in [0.25, 0.3) is 0 Å². The first-order valence-electron chi connectivity index (χ1n) is 8.71. The van der Waals surface area contributed by atoms with Crippen LogP contribution in [0.4, 0.5) is 0 Å². The van der Waals surface area contributed by atoms with Gasteiger partial charge in [0.2, 0.25) is 0 Å². The van der Waals surface area contributed by atoms with Crippen LogP contribution in [0.15, 0.2) is 51.9 Å². The molecule has 0 radical (unpaired) electrons. The van der Waals surface area contributed by atoms with Crippen molar-refractivity contribution >= 4 is 11.9 Å². The van der Waals surface area contributed by atoms with E-state index in [-0.39, 0.29) is 11.9 Å². The Morgan fingerprint density at radius 2 is 2.00 bits per heavy atom. The van der Waals surface area contributed by atoms with E-state index in [0.717, 1.165) is 37.6 Å². The molecule has 2 aromatic rings. The van der Waals surface area contributed by atoms with Crippen molar-refractivity contribution in [2.75, 3.05) is 20.1 Å². The molecule has 1 aromatic carbocycles. The Kier molecular flexibility index (Phi) is 5.78. The standard InChI is InChI=1S/C19H24N4O3/c1-21-19(22-13-16-7-8-17(26-16)18(20)24)23-11-9-15(10-12-23)25-14-5-3-2-4-6-14/h2-8,15H,9-13H2,1H3,(H2,20,24)(H,21,22). The van der Waals surface area contributed by atoms with Crippen molar-refractivity contribution in [2.45, 2.75) is 25.5 Å². The average Bonchev–Trinajstić information content (AvgIpc) is 3.14. The van der Waals surface area contributed by atoms with E-state index in [2.05, 4.69) is 15.2 Å². The van der Waals surface area contributed by atoms with Crippen LogP contribution < -0.4 is 15.8 Å². The number of guanidine groups is 1. The van der Waals surface area contributed by atoms with E-state index in [1.807, 2.05) is 30.3 Å². The van der Waals surface area contributed by atoms with Gasteiger partial charge in [-0.25, -0.2) is 0 Å². The van der Waals surface area contributed by atoms with E-state index in [4.69, 9.17) is 14.9 Å². The summed E-state index contributed by atoms with van der Waals surface area (Å²) in [6.07, 6.45) is 2.08. The molecule has 1 aliphatic rings. The number of aliphatic imine (C=N–C) groups is 1. The number of nitrogens with zero attached hydrogens (tertiary/aromatic N) is 2. The maximum Gasteiger partial charge on any atom is 0.284 e. The second-order valence-corrected chi connectivity index (χ2v) is 6.15. The van der Waals surface area contributed by atoms with E-state index < -0.39 is 5.91 Å². The number of hydrogen-bond donors (Lipinski definition) is 2. The topological polar surface area (TPSA) is 93.1 Å². The summed E-state index contributed by atoms with van der Waals surface area (Å²) < 4.78 is 11.4. The van der Waals surface area contributed by atoms with Gasteiger partial charge < -0.3 is 25.1 Å². The molecule has 138 valence electrons. The van der Waals surface area contributed by atoms with Gasteiger partial charge in [0, 0.05) is 33.0 Å². The number of carbonyl (C=O) groups excluding carboxylic acids is 1. The third kappa shape index (κ3) is 4.56. The highest BCUT2D eigenvalue weighted by atomic mass is 16.5. The van der Waals surface area contributed by atoms with Crippen molar-refractivity contribution in [2.24, 2.45) is 10.7 Å². The zero-order chi connectivity index (χ0) is 18.4. The molecule has 2 heterocycles. The fourth-order valence-electron chi connectivity index (χ4n) is 2.98. The Morgan fingerprint density at radius 3 is 2.62 bits per heavy atom. The Morgan fingerprint density at radius 1 is 1.27 bits per heavy atom. The Hall–Kier alpha value is -2.96. The molecule has 0 spiro atoms. The number of hydrogen-bond acceptors (Lipinski definition) is 4. The first-order valence-corrected chi connectivity index (χ1v) is 8.71. The number of likely N-dealkylation sites (tertiary alicyclic amines) is 1. The number of benzene rings is 1. The SMILES string of the molecule is CN=C(NCc1ccc(C(N)=O)o1)N1CCC(Oc2ccccc2)CC1. The summed E-state index contributed by atoms with van der Waals surface area (Å²) in [6.45, 7) is 2.17. The van der Waals surface area contributed by atoms with Crippen LogP contribution in [-0.2, 0) is 6.54 Å². The van der Waals surface area contributed by atoms with Crippen LogP contribution in [0.3, 0.4) is 0 Å². The van der Waals surface area contributed by atoms with Gasteiger partial charge in [0.05, 0.1) is 6.54 Å². The molecule has 0 unspecified atom stereocenters. The van der Waals surface area contributed by atoms with E-state index in [1.165, 1.54) is 0 Å². The summed E-state index contributed by atoms with van der Waals surface area (Å²) in [7, 11) is 1.76. The lowest BCUT2D eigenvalue weighted by Gasteiger charge is -2.34. The lowest BCUT2D eigenvalue weighted by molar-refractivity contribution is 0.0972. The maximum absolute atomic E-state index is 11.1. The summed E-state index contributed by atoms with van der Waals surface area (Å²) in [5, 5.41) is 3.26. The Balaban J connectivity index is 1.48. The average molecular weight is 356 g/mol. The molecule has 1 saturated heterocycles. The molecule has 7 heteroatoms. The molecule has 7 nitrogen and oxygen atoms in total. The number of nitrogens with one attached hydrogen (secondary N) is 1. The number of amides is 1. The molecular weight excluding hydrogens is 332 g/mol. The number of carbonyl (C=O) groups is 1. The van der Waals surface area contributed by atoms with Crippen LogP contribution in [0.5, 0.6) is 5.75 Å². The molecule has 1 amide bonds. The Labute approximate surface area is 152 Å². The largest absolute Gasteiger partial charge is 0.490 e. The van der Waals surface area contributed by atoms with Gasteiger partial charge in [0.1, 0.15) is 17.6 Å². The summed E-state index contributed by atoms with van der Waals surface area (Å²) >= 11 is 0. The maximum atomic E-state index is 11.1. The fourth-order valence-corrected chi connectivity index (χ4v) is 2.98. The van der Waals surface area contributed by atoms with Gasteiger partial charge in [-0.15, -0.1) is 0 Å². The second kappa shape index (κ2) is 8.42. The number of piperidine rings is 1. The zero-order valence-corrected chi connectivity index (χ0v) is 14.9. The summed E-state index contributed by atoms with van der Waals surface area (Å²) in [6, 6.07) is 13.2. The highest BCUT2D eigenvalue weighted by molar-refractivity contribution is 5.89. The Bertz CT molecular complexity index is 749. The number of furan rings is 1. The third-order valence-electron chi connectivity index (χ3n) is 4.32. The van der Waals surface area contributed by atoms with Gasteiger partial charge in [-0.3, -0.25) is 9.79 Å². The van der Waals surface area contributed by atoms with Crippen molar-refractivity contribution in [1.82, 2.24) is 10.2 Å². The zero-order valence-electron chi connectivity index (χ0n) is 14.9. The van der Waals surface area contributed by atoms with E-state index in [1.54, 1.807) is 19.2 Å². The summed E-state index contributed by atoms with van der Waals surface area (Å²) in [4.78, 5) is 17.6. The van der Waals surface area contributed by atoms with E-state index in [0.29, 0.717) is 12.3 Å². The van der Waals surface area contributed by atoms with Gasteiger partial charge >= 0.3 is 0 Å². The predicted octanol–water partition coefficient (Wildman–Crippen LogP) is 2.00. The molecular formula is C19H24N4O3. The van der Waals surface area contributed by atoms with E-state index >= 15 is 0 Å². The van der Waals surface area contributed by atoms with Crippen molar-refractivity contribution in [1.29, 1.82) is 0 Å². The van der Waals surface area contributed by atoms with Crippen LogP contribution >= 0.6 is 0 Å². The molecule has 3 N–H and O–H groups in total. The third-order valence-corrected chi connectivity index (χ3v) is 4.32. The van der Waals surface area contributed by atoms with Gasteiger partial charge in [-0.05, 0) is 24.3 Å². The first-order chi connectivity index (χ1) is 12.7. The van der Waals surface area contributed by atoms with Crippen LogP contribution in [0.1, 0.15) is 29.2 Å². The second-order valence-electron chi connectivity index (χ2n) is 6.15. The highest BCUT2D eigenvalue weighted by Crippen LogP contribution is 2.18. The first kappa shape index (κ1) is 17.8. The molecule has 1 fully saturated rings. The fraction of sp³-hybridized carbons (Fsp3) is 0.368. The molecule has 1 aromatic heterocycles. The summed E-state index contributed by atoms with van der Waals surface area (Å²) in [5.41, 5.74) is 5.20. The minimum absolute atomic E-state index is 0.163. The van der Waals surface area contributed by atoms with Crippen LogP contribution in [0.2, 0.25) is 0 Å². The van der Waals surface area contributed by atoms with Crippen molar-refractivity contribution < 1.29 is 13.9 Å². The number of para-hydroxylation sites is 1. The minimum atomic E-state index is -0.568. The van der Waals surface area contributed by atoms with Crippen molar-refractivity contribution in [3.8, 4) is 5.75 Å². The van der Waals surface area contributed by atoms with Crippen LogP contribution in [0, 0.1) is 0 Å². The molecule has 1 aliphatic heterocycles. The lowest BCUT2D eigenvalue weighted by atomic mass is 10.1. The molecule has 0 saturated carbocycles. The lowest BCUT2D eigenvalue weighted by Crippen LogP contribution is -2.47. The highest BCUT2D eigenvalue weighted by Gasteiger charge is 2.22. The minimum Gasteiger partial charge on any atom is -0.490 e. The monoisotopic (exact) mass is 356 g/mol. The molecule has 3 rings (SSSR count). The normalized spacial score (nSPS) is 15.7. The quantitative estimate of drug-likeness (QED) is 0.631. The smallest absolute Gasteiger partial charge is 0.284 e. The van der Waals surface area contributed by atoms with Crippen molar-refractivity contribution in [3.05, 3.63) is 54.0 Å². The van der Waals surface area contributed by atoms with Gasteiger partial charge in [-0.2, -0.15) is 0 Å². The number of primary amides is 1. The molecule has 0 bridgehead atoms. The van der Waals surface area contributed by atoms with Crippen LogP contribution in [-0.4, -0.2) is 43.0 Å². The van der Waals surface area contributed by atoms with Gasteiger partial charge in [0.25, 0.3) is 5.91 Å². The van der Waals surface area contributed by atoms with Crippen molar-refractivity contribution in [3.63, 3.8) is 0 Å².